The summed E-state index contributed by atoms with van der Waals surface area (Å²) in [6.07, 6.45) is 0. The Morgan fingerprint density at radius 1 is 0.419 bits per heavy atom. The predicted octanol–water partition coefficient (Wildman–Crippen LogP) is 8.26. The first kappa shape index (κ1) is 31.2. The number of sulfone groups is 2. The SMILES string of the molecule is O=S(=O)(c1c(F)c(F)c(F)c(F)c1F)c1c(-c2cccs2)sc(-c2cccs2)c1S(=O)(=O)c1c(F)c(F)c(F)c(F)c1F. The van der Waals surface area contributed by atoms with Gasteiger partial charge in [-0.05, 0) is 22.9 Å². The Kier molecular flexibility index (Phi) is 7.77. The first-order valence-electron chi connectivity index (χ1n) is 10.8. The minimum absolute atomic E-state index is 0.177. The van der Waals surface area contributed by atoms with Gasteiger partial charge in [-0.2, -0.15) is 0 Å². The lowest BCUT2D eigenvalue weighted by atomic mass is 10.3. The zero-order chi connectivity index (χ0) is 31.8. The zero-order valence-corrected chi connectivity index (χ0v) is 24.0. The second-order valence-electron chi connectivity index (χ2n) is 8.18. The van der Waals surface area contributed by atoms with E-state index >= 15 is 0 Å². The van der Waals surface area contributed by atoms with Gasteiger partial charge in [0.05, 0.1) is 9.75 Å². The van der Waals surface area contributed by atoms with Gasteiger partial charge in [0.15, 0.2) is 46.5 Å². The molecular formula is C24H6F10O4S5. The fourth-order valence-electron chi connectivity index (χ4n) is 3.87. The minimum atomic E-state index is -6.23. The van der Waals surface area contributed by atoms with Crippen molar-refractivity contribution in [2.45, 2.75) is 19.6 Å². The minimum Gasteiger partial charge on any atom is -0.218 e. The maximum absolute atomic E-state index is 14.9. The molecule has 0 aliphatic heterocycles. The van der Waals surface area contributed by atoms with E-state index < -0.39 is 107 Å². The van der Waals surface area contributed by atoms with Crippen LogP contribution in [0.5, 0.6) is 0 Å². The van der Waals surface area contributed by atoms with E-state index in [1.165, 1.54) is 22.9 Å². The molecule has 0 bridgehead atoms. The molecule has 0 aliphatic rings. The van der Waals surface area contributed by atoms with Crippen molar-refractivity contribution in [2.24, 2.45) is 0 Å². The zero-order valence-electron chi connectivity index (χ0n) is 19.9. The Bertz CT molecular complexity index is 1950. The maximum Gasteiger partial charge on any atom is 0.215 e. The summed E-state index contributed by atoms with van der Waals surface area (Å²) in [5.41, 5.74) is 0. The van der Waals surface area contributed by atoms with E-state index in [1.807, 2.05) is 0 Å². The van der Waals surface area contributed by atoms with Crippen LogP contribution >= 0.6 is 34.0 Å². The van der Waals surface area contributed by atoms with Crippen LogP contribution in [0.2, 0.25) is 0 Å². The summed E-state index contributed by atoms with van der Waals surface area (Å²) in [6, 6.07) is 4.89. The molecule has 0 N–H and O–H groups in total. The molecule has 4 nitrogen and oxygen atoms in total. The van der Waals surface area contributed by atoms with E-state index in [0.29, 0.717) is 22.7 Å². The Balaban J connectivity index is 2.04. The van der Waals surface area contributed by atoms with E-state index in [0.717, 1.165) is 12.1 Å². The third kappa shape index (κ3) is 4.59. The Morgan fingerprint density at radius 3 is 0.953 bits per heavy atom. The van der Waals surface area contributed by atoms with E-state index in [-0.39, 0.29) is 21.1 Å². The average molecular weight is 709 g/mol. The number of rotatable bonds is 6. The standard InChI is InChI=1S/C24H6F10O4S5/c25-9-11(27)15(31)21(16(32)12(9)28)42(35,36)23-19(7-3-1-5-39-7)41-20(8-4-2-6-40-8)24(23)43(37,38)22-17(33)13(29)10(26)14(30)18(22)34/h1-6H. The predicted molar refractivity (Wildman–Crippen MR) is 134 cm³/mol. The molecule has 0 fully saturated rings. The number of halogens is 10. The number of hydrogen-bond donors (Lipinski definition) is 0. The molecule has 0 saturated heterocycles. The highest BCUT2D eigenvalue weighted by atomic mass is 32.2. The van der Waals surface area contributed by atoms with Crippen molar-refractivity contribution >= 4 is 53.7 Å². The molecule has 5 rings (SSSR count). The lowest BCUT2D eigenvalue weighted by molar-refractivity contribution is 0.357. The number of hydrogen-bond acceptors (Lipinski definition) is 7. The molecule has 0 saturated carbocycles. The summed E-state index contributed by atoms with van der Waals surface area (Å²) in [4.78, 5) is -10.3. The van der Waals surface area contributed by atoms with Gasteiger partial charge < -0.3 is 0 Å². The summed E-state index contributed by atoms with van der Waals surface area (Å²) in [6.45, 7) is 0. The Labute approximate surface area is 245 Å². The Hall–Kier alpha value is -3.26. The highest BCUT2D eigenvalue weighted by molar-refractivity contribution is 7.95. The maximum atomic E-state index is 14.9. The monoisotopic (exact) mass is 708 g/mol. The molecule has 0 aliphatic carbocycles. The summed E-state index contributed by atoms with van der Waals surface area (Å²) < 4.78 is 199. The second-order valence-corrected chi connectivity index (χ2v) is 14.7. The normalized spacial score (nSPS) is 12.3. The summed E-state index contributed by atoms with van der Waals surface area (Å²) >= 11 is 1.64. The van der Waals surface area contributed by atoms with Gasteiger partial charge in [-0.15, -0.1) is 34.0 Å². The van der Waals surface area contributed by atoms with Crippen LogP contribution in [0.4, 0.5) is 43.9 Å². The first-order chi connectivity index (χ1) is 20.0. The molecule has 3 aromatic heterocycles. The molecule has 0 spiro atoms. The number of benzene rings is 2. The van der Waals surface area contributed by atoms with Crippen LogP contribution in [-0.4, -0.2) is 16.8 Å². The Morgan fingerprint density at radius 2 is 0.698 bits per heavy atom. The van der Waals surface area contributed by atoms with E-state index in [9.17, 15) is 60.7 Å². The van der Waals surface area contributed by atoms with Crippen LogP contribution in [0.15, 0.2) is 54.6 Å². The molecule has 0 amide bonds. The molecule has 43 heavy (non-hydrogen) atoms. The fourth-order valence-corrected chi connectivity index (χ4v) is 11.6. The third-order valence-electron chi connectivity index (χ3n) is 5.73. The van der Waals surface area contributed by atoms with Gasteiger partial charge in [0.2, 0.25) is 31.3 Å². The lowest BCUT2D eigenvalue weighted by Gasteiger charge is -2.14. The molecule has 2 aromatic carbocycles. The van der Waals surface area contributed by atoms with Crippen molar-refractivity contribution in [1.29, 1.82) is 0 Å². The van der Waals surface area contributed by atoms with Gasteiger partial charge in [-0.3, -0.25) is 0 Å². The summed E-state index contributed by atoms with van der Waals surface area (Å²) in [7, 11) is -12.5. The van der Waals surface area contributed by atoms with Crippen LogP contribution in [0.1, 0.15) is 0 Å². The first-order valence-corrected chi connectivity index (χ1v) is 16.4. The highest BCUT2D eigenvalue weighted by Gasteiger charge is 2.45. The highest BCUT2D eigenvalue weighted by Crippen LogP contribution is 2.52. The second kappa shape index (κ2) is 10.7. The molecule has 19 heteroatoms. The van der Waals surface area contributed by atoms with Gasteiger partial charge in [0, 0.05) is 9.75 Å². The van der Waals surface area contributed by atoms with Crippen LogP contribution in [-0.2, 0) is 19.7 Å². The largest absolute Gasteiger partial charge is 0.218 e. The van der Waals surface area contributed by atoms with Gasteiger partial charge in [0.1, 0.15) is 19.6 Å². The summed E-state index contributed by atoms with van der Waals surface area (Å²) in [5.74, 6) is -28.1. The van der Waals surface area contributed by atoms with Crippen molar-refractivity contribution in [1.82, 2.24) is 0 Å². The van der Waals surface area contributed by atoms with Crippen LogP contribution in [0.3, 0.4) is 0 Å². The van der Waals surface area contributed by atoms with Crippen molar-refractivity contribution in [3.05, 3.63) is 93.2 Å². The summed E-state index contributed by atoms with van der Waals surface area (Å²) in [5, 5.41) is 2.62. The topological polar surface area (TPSA) is 68.3 Å². The van der Waals surface area contributed by atoms with Crippen molar-refractivity contribution < 1.29 is 60.7 Å². The average Bonchev–Trinajstić information content (AvgIpc) is 3.73. The molecule has 0 unspecified atom stereocenters. The van der Waals surface area contributed by atoms with Crippen LogP contribution in [0, 0.1) is 58.2 Å². The van der Waals surface area contributed by atoms with Crippen molar-refractivity contribution in [2.75, 3.05) is 0 Å². The van der Waals surface area contributed by atoms with Gasteiger partial charge in [0.25, 0.3) is 0 Å². The van der Waals surface area contributed by atoms with Crippen molar-refractivity contribution in [3.8, 4) is 19.5 Å². The smallest absolute Gasteiger partial charge is 0.215 e. The molecule has 3 heterocycles. The molecule has 0 radical (unpaired) electrons. The van der Waals surface area contributed by atoms with Crippen LogP contribution in [0.25, 0.3) is 19.5 Å². The van der Waals surface area contributed by atoms with Crippen molar-refractivity contribution in [3.63, 3.8) is 0 Å². The lowest BCUT2D eigenvalue weighted by Crippen LogP contribution is -2.18. The van der Waals surface area contributed by atoms with Gasteiger partial charge in [-0.25, -0.2) is 60.7 Å². The van der Waals surface area contributed by atoms with Gasteiger partial charge in [-0.1, -0.05) is 12.1 Å². The van der Waals surface area contributed by atoms with E-state index in [2.05, 4.69) is 0 Å². The molecule has 226 valence electrons. The number of thiophene rings is 3. The molecule has 0 atom stereocenters. The molecular weight excluding hydrogens is 703 g/mol. The van der Waals surface area contributed by atoms with Crippen LogP contribution < -0.4 is 0 Å². The van der Waals surface area contributed by atoms with E-state index in [4.69, 9.17) is 0 Å². The molecule has 5 aromatic rings. The van der Waals surface area contributed by atoms with E-state index in [1.54, 1.807) is 0 Å². The third-order valence-corrected chi connectivity index (χ3v) is 13.1. The fraction of sp³-hybridized carbons (Fsp3) is 0. The quantitative estimate of drug-likeness (QED) is 0.0772. The van der Waals surface area contributed by atoms with Gasteiger partial charge >= 0.3 is 0 Å².